The molecule has 0 unspecified atom stereocenters. The first-order valence-electron chi connectivity index (χ1n) is 11.4. The number of ether oxygens (including phenoxy) is 2. The lowest BCUT2D eigenvalue weighted by Crippen LogP contribution is -2.50. The molecule has 2 fully saturated rings. The maximum absolute atomic E-state index is 14.5. The van der Waals surface area contributed by atoms with Crippen LogP contribution in [0.2, 0.25) is 0 Å². The third-order valence-electron chi connectivity index (χ3n) is 5.56. The molecular formula is C24H28FN5O5. The lowest BCUT2D eigenvalue weighted by molar-refractivity contribution is -0.120. The van der Waals surface area contributed by atoms with Gasteiger partial charge in [0.1, 0.15) is 29.8 Å². The molecule has 4 heterocycles. The van der Waals surface area contributed by atoms with E-state index in [2.05, 4.69) is 22.1 Å². The quantitative estimate of drug-likeness (QED) is 0.670. The predicted molar refractivity (Wildman–Crippen MR) is 125 cm³/mol. The van der Waals surface area contributed by atoms with Crippen LogP contribution in [0.3, 0.4) is 0 Å². The van der Waals surface area contributed by atoms with Gasteiger partial charge in [-0.3, -0.25) is 19.4 Å². The number of halogens is 1. The molecule has 0 aromatic carbocycles. The van der Waals surface area contributed by atoms with Crippen LogP contribution in [0.5, 0.6) is 0 Å². The average molecular weight is 486 g/mol. The van der Waals surface area contributed by atoms with Crippen molar-refractivity contribution in [1.82, 2.24) is 19.6 Å². The first-order chi connectivity index (χ1) is 16.6. The van der Waals surface area contributed by atoms with E-state index in [1.54, 1.807) is 49.7 Å². The molecule has 0 bridgehead atoms. The van der Waals surface area contributed by atoms with Crippen LogP contribution in [0.25, 0.3) is 5.65 Å². The molecule has 10 nitrogen and oxygen atoms in total. The Morgan fingerprint density at radius 1 is 1.31 bits per heavy atom. The van der Waals surface area contributed by atoms with Crippen LogP contribution < -0.4 is 10.2 Å². The van der Waals surface area contributed by atoms with Gasteiger partial charge in [0.05, 0.1) is 18.8 Å². The monoisotopic (exact) mass is 485 g/mol. The van der Waals surface area contributed by atoms with E-state index >= 15 is 0 Å². The Bertz CT molecular complexity index is 1190. The maximum Gasteiger partial charge on any atom is 0.410 e. The molecule has 0 saturated carbocycles. The van der Waals surface area contributed by atoms with E-state index in [1.807, 2.05) is 0 Å². The molecule has 2 aromatic rings. The zero-order valence-electron chi connectivity index (χ0n) is 19.9. The fraction of sp³-hybridized carbons (Fsp3) is 0.500. The molecular weight excluding hydrogens is 457 g/mol. The van der Waals surface area contributed by atoms with Crippen molar-refractivity contribution in [2.75, 3.05) is 31.1 Å². The molecule has 4 rings (SSSR count). The van der Waals surface area contributed by atoms with Gasteiger partial charge in [0.25, 0.3) is 0 Å². The number of hydrogen-bond donors (Lipinski definition) is 1. The Kier molecular flexibility index (Phi) is 6.93. The van der Waals surface area contributed by atoms with Crippen LogP contribution in [-0.2, 0) is 14.3 Å². The number of urea groups is 1. The van der Waals surface area contributed by atoms with Crippen molar-refractivity contribution in [3.05, 3.63) is 30.1 Å². The molecule has 2 aromatic heterocycles. The molecule has 2 aliphatic rings. The molecule has 1 N–H and O–H groups in total. The highest BCUT2D eigenvalue weighted by Crippen LogP contribution is 2.21. The third kappa shape index (κ3) is 5.89. The Morgan fingerprint density at radius 3 is 2.83 bits per heavy atom. The highest BCUT2D eigenvalue weighted by Gasteiger charge is 2.34. The predicted octanol–water partition coefficient (Wildman–Crippen LogP) is 2.50. The van der Waals surface area contributed by atoms with Crippen LogP contribution in [0.4, 0.5) is 19.8 Å². The van der Waals surface area contributed by atoms with Crippen molar-refractivity contribution in [3.8, 4) is 11.8 Å². The highest BCUT2D eigenvalue weighted by atomic mass is 19.1. The fourth-order valence-corrected chi connectivity index (χ4v) is 3.88. The molecule has 2 aliphatic heterocycles. The van der Waals surface area contributed by atoms with Crippen LogP contribution in [0, 0.1) is 11.8 Å². The second-order valence-electron chi connectivity index (χ2n) is 9.40. The minimum absolute atomic E-state index is 0.0460. The largest absolute Gasteiger partial charge is 0.444 e. The Hall–Kier alpha value is -3.65. The van der Waals surface area contributed by atoms with E-state index in [9.17, 15) is 18.8 Å². The summed E-state index contributed by atoms with van der Waals surface area (Å²) in [5.41, 5.74) is 0.652. The second-order valence-corrected chi connectivity index (χ2v) is 9.40. The molecule has 35 heavy (non-hydrogen) atoms. The number of fused-ring (bicyclic) bond motifs is 1. The van der Waals surface area contributed by atoms with Crippen LogP contribution in [-0.4, -0.2) is 76.4 Å². The molecule has 0 spiro atoms. The zero-order chi connectivity index (χ0) is 25.2. The summed E-state index contributed by atoms with van der Waals surface area (Å²) in [5, 5.41) is 2.29. The number of nitrogens with one attached hydrogen (secondary N) is 1. The number of anilines is 1. The van der Waals surface area contributed by atoms with Crippen molar-refractivity contribution in [3.63, 3.8) is 0 Å². The van der Waals surface area contributed by atoms with Gasteiger partial charge in [-0.2, -0.15) is 0 Å². The standard InChI is InChI=1S/C24H28FN5O5/c1-24(2,3)35-23(33)28-9-7-18(17(25)15-28)34-12-4-5-16-6-10-29-19(13-16)26-14-21(29)30-11-8-20(31)27-22(30)32/h6,10,13-14,17-18H,7-9,11-12,15H2,1-3H3,(H,27,31,32)/t17-,18+/m0/s1. The summed E-state index contributed by atoms with van der Waals surface area (Å²) in [6.07, 6.45) is 1.42. The zero-order valence-corrected chi connectivity index (χ0v) is 19.9. The Labute approximate surface area is 202 Å². The maximum atomic E-state index is 14.5. The summed E-state index contributed by atoms with van der Waals surface area (Å²) in [7, 11) is 0. The highest BCUT2D eigenvalue weighted by molar-refractivity contribution is 6.05. The second kappa shape index (κ2) is 9.92. The van der Waals surface area contributed by atoms with Crippen molar-refractivity contribution in [2.45, 2.75) is 51.5 Å². The molecule has 4 amide bonds. The number of imide groups is 1. The number of amides is 4. The number of carbonyl (C=O) groups excluding carboxylic acids is 3. The number of likely N-dealkylation sites (tertiary alicyclic amines) is 1. The van der Waals surface area contributed by atoms with E-state index in [1.165, 1.54) is 9.80 Å². The summed E-state index contributed by atoms with van der Waals surface area (Å²) < 4.78 is 27.2. The van der Waals surface area contributed by atoms with Crippen molar-refractivity contribution < 1.29 is 28.2 Å². The summed E-state index contributed by atoms with van der Waals surface area (Å²) >= 11 is 0. The van der Waals surface area contributed by atoms with Gasteiger partial charge in [0.15, 0.2) is 0 Å². The SMILES string of the molecule is CC(C)(C)OC(=O)N1CC[C@@H](OCC#Cc2ccn3c(N4CCC(=O)NC4=O)cnc3c2)[C@@H](F)C1. The lowest BCUT2D eigenvalue weighted by Gasteiger charge is -2.35. The number of aromatic nitrogens is 2. The first kappa shape index (κ1) is 24.5. The molecule has 2 atom stereocenters. The molecule has 0 aliphatic carbocycles. The number of piperidine rings is 1. The van der Waals surface area contributed by atoms with Gasteiger partial charge in [-0.15, -0.1) is 0 Å². The van der Waals surface area contributed by atoms with Crippen LogP contribution in [0.1, 0.15) is 39.2 Å². The van der Waals surface area contributed by atoms with E-state index in [-0.39, 0.29) is 32.0 Å². The van der Waals surface area contributed by atoms with Crippen LogP contribution >= 0.6 is 0 Å². The number of carbonyl (C=O) groups is 3. The number of nitrogens with zero attached hydrogens (tertiary/aromatic N) is 4. The van der Waals surface area contributed by atoms with Crippen LogP contribution in [0.15, 0.2) is 24.5 Å². The number of pyridine rings is 1. The van der Waals surface area contributed by atoms with E-state index in [0.717, 1.165) is 0 Å². The smallest absolute Gasteiger partial charge is 0.410 e. The minimum Gasteiger partial charge on any atom is -0.444 e. The van der Waals surface area contributed by atoms with Gasteiger partial charge in [-0.25, -0.2) is 19.0 Å². The van der Waals surface area contributed by atoms with Gasteiger partial charge in [-0.1, -0.05) is 11.8 Å². The average Bonchev–Trinajstić information content (AvgIpc) is 3.19. The van der Waals surface area contributed by atoms with Gasteiger partial charge < -0.3 is 14.4 Å². The summed E-state index contributed by atoms with van der Waals surface area (Å²) in [6.45, 7) is 5.92. The van der Waals surface area contributed by atoms with Gasteiger partial charge in [-0.05, 0) is 39.3 Å². The van der Waals surface area contributed by atoms with Gasteiger partial charge in [0, 0.05) is 31.3 Å². The minimum atomic E-state index is -1.32. The summed E-state index contributed by atoms with van der Waals surface area (Å²) in [5.74, 6) is 6.12. The number of hydrogen-bond acceptors (Lipinski definition) is 6. The summed E-state index contributed by atoms with van der Waals surface area (Å²) in [4.78, 5) is 42.8. The van der Waals surface area contributed by atoms with Gasteiger partial charge >= 0.3 is 12.1 Å². The molecule has 0 radical (unpaired) electrons. The number of imidazole rings is 1. The van der Waals surface area contributed by atoms with Crippen molar-refractivity contribution >= 4 is 29.5 Å². The van der Waals surface area contributed by atoms with E-state index in [0.29, 0.717) is 30.0 Å². The Balaban J connectivity index is 1.31. The van der Waals surface area contributed by atoms with Gasteiger partial charge in [0.2, 0.25) is 5.91 Å². The van der Waals surface area contributed by atoms with E-state index in [4.69, 9.17) is 9.47 Å². The fourth-order valence-electron chi connectivity index (χ4n) is 3.88. The summed E-state index contributed by atoms with van der Waals surface area (Å²) in [6, 6.07) is 3.06. The number of alkyl halides is 1. The van der Waals surface area contributed by atoms with E-state index < -0.39 is 30.0 Å². The lowest BCUT2D eigenvalue weighted by atomic mass is 10.1. The molecule has 2 saturated heterocycles. The molecule has 186 valence electrons. The topological polar surface area (TPSA) is 105 Å². The number of rotatable bonds is 3. The van der Waals surface area contributed by atoms with Crippen molar-refractivity contribution in [1.29, 1.82) is 0 Å². The Morgan fingerprint density at radius 2 is 2.11 bits per heavy atom. The van der Waals surface area contributed by atoms with Crippen molar-refractivity contribution in [2.24, 2.45) is 0 Å². The normalized spacial score (nSPS) is 20.9. The first-order valence-corrected chi connectivity index (χ1v) is 11.4. The third-order valence-corrected chi connectivity index (χ3v) is 5.56. The molecule has 11 heteroatoms.